The Morgan fingerprint density at radius 3 is 1.54 bits per heavy atom. The smallest absolute Gasteiger partial charge is 0.244 e. The number of hydrogen-bond acceptors (Lipinski definition) is 8. The van der Waals surface area contributed by atoms with Crippen LogP contribution in [0.5, 0.6) is 28.9 Å². The second kappa shape index (κ2) is 23.1. The Labute approximate surface area is 275 Å². The third-order valence-corrected chi connectivity index (χ3v) is 7.37. The maximum absolute atomic E-state index is 9.60. The number of phenolic OH excluding ortho intramolecular Hbond substituents is 2. The summed E-state index contributed by atoms with van der Waals surface area (Å²) in [5.74, 6) is 2.16. The molecule has 0 aliphatic carbocycles. The SMILES string of the molecule is CCCCCC(CC)Oc1ccccc1O.CCCCCC(CC)Oc1ccccc1O.COc1nnncc1-c1ccccc1. The maximum atomic E-state index is 9.60. The van der Waals surface area contributed by atoms with Crippen molar-refractivity contribution in [3.05, 3.63) is 85.1 Å². The second-order valence-electron chi connectivity index (χ2n) is 10.9. The molecule has 0 saturated heterocycles. The van der Waals surface area contributed by atoms with Crippen LogP contribution in [0.2, 0.25) is 0 Å². The Morgan fingerprint density at radius 2 is 1.11 bits per heavy atom. The third kappa shape index (κ3) is 14.2. The van der Waals surface area contributed by atoms with Gasteiger partial charge in [0.05, 0.1) is 31.1 Å². The summed E-state index contributed by atoms with van der Waals surface area (Å²) in [5, 5.41) is 30.2. The van der Waals surface area contributed by atoms with E-state index in [4.69, 9.17) is 14.2 Å². The Bertz CT molecular complexity index is 1280. The van der Waals surface area contributed by atoms with E-state index in [0.717, 1.165) is 36.8 Å². The van der Waals surface area contributed by atoms with Gasteiger partial charge in [-0.25, -0.2) is 0 Å². The van der Waals surface area contributed by atoms with Gasteiger partial charge in [0, 0.05) is 0 Å². The standard InChI is InChI=1S/2C14H22O2.C10H9N3O/c2*1-3-5-6-9-12(4-2)16-14-11-8-7-10-13(14)15;1-14-10-9(7-11-13-12-10)8-5-3-2-4-6-8/h2*7-8,10-12,15H,3-6,9H2,1-2H3;2-7H,1H3. The first-order chi connectivity index (χ1) is 22.5. The molecule has 0 aliphatic heterocycles. The van der Waals surface area contributed by atoms with Crippen molar-refractivity contribution >= 4 is 0 Å². The van der Waals surface area contributed by atoms with E-state index in [1.807, 2.05) is 54.6 Å². The fourth-order valence-corrected chi connectivity index (χ4v) is 4.64. The highest BCUT2D eigenvalue weighted by Gasteiger charge is 2.11. The van der Waals surface area contributed by atoms with E-state index in [0.29, 0.717) is 17.4 Å². The molecule has 2 atom stereocenters. The number of rotatable bonds is 16. The van der Waals surface area contributed by atoms with Crippen LogP contribution in [0.3, 0.4) is 0 Å². The molecule has 0 saturated carbocycles. The van der Waals surface area contributed by atoms with Crippen LogP contribution < -0.4 is 14.2 Å². The van der Waals surface area contributed by atoms with Gasteiger partial charge < -0.3 is 24.4 Å². The van der Waals surface area contributed by atoms with Crippen molar-refractivity contribution in [3.63, 3.8) is 0 Å². The Morgan fingerprint density at radius 1 is 0.630 bits per heavy atom. The Balaban J connectivity index is 0.000000241. The van der Waals surface area contributed by atoms with Gasteiger partial charge in [0.25, 0.3) is 0 Å². The molecule has 0 radical (unpaired) electrons. The lowest BCUT2D eigenvalue weighted by Crippen LogP contribution is -2.15. The summed E-state index contributed by atoms with van der Waals surface area (Å²) >= 11 is 0. The van der Waals surface area contributed by atoms with Crippen molar-refractivity contribution in [2.75, 3.05) is 7.11 Å². The van der Waals surface area contributed by atoms with E-state index in [-0.39, 0.29) is 23.7 Å². The molecule has 0 amide bonds. The van der Waals surface area contributed by atoms with E-state index in [1.165, 1.54) is 38.5 Å². The summed E-state index contributed by atoms with van der Waals surface area (Å²) in [6, 6.07) is 24.1. The van der Waals surface area contributed by atoms with Gasteiger partial charge in [-0.05, 0) is 73.6 Å². The normalized spacial score (nSPS) is 11.6. The average Bonchev–Trinajstić information content (AvgIpc) is 3.10. The zero-order valence-electron chi connectivity index (χ0n) is 28.3. The van der Waals surface area contributed by atoms with Gasteiger partial charge in [-0.15, -0.1) is 5.10 Å². The maximum Gasteiger partial charge on any atom is 0.244 e. The predicted molar refractivity (Wildman–Crippen MR) is 186 cm³/mol. The number of aromatic hydroxyl groups is 2. The fourth-order valence-electron chi connectivity index (χ4n) is 4.64. The summed E-state index contributed by atoms with van der Waals surface area (Å²) < 4.78 is 16.7. The highest BCUT2D eigenvalue weighted by molar-refractivity contribution is 5.66. The van der Waals surface area contributed by atoms with Crippen LogP contribution >= 0.6 is 0 Å². The first-order valence-electron chi connectivity index (χ1n) is 16.6. The Hall–Kier alpha value is -4.33. The van der Waals surface area contributed by atoms with Crippen molar-refractivity contribution in [1.82, 2.24) is 15.4 Å². The van der Waals surface area contributed by atoms with Gasteiger partial charge in [0.1, 0.15) is 0 Å². The molecule has 8 nitrogen and oxygen atoms in total. The van der Waals surface area contributed by atoms with Gasteiger partial charge in [0.15, 0.2) is 23.0 Å². The first-order valence-corrected chi connectivity index (χ1v) is 16.6. The molecule has 3 aromatic carbocycles. The molecule has 250 valence electrons. The minimum absolute atomic E-state index is 0.222. The highest BCUT2D eigenvalue weighted by Crippen LogP contribution is 2.28. The molecule has 4 rings (SSSR count). The molecule has 0 aliphatic rings. The van der Waals surface area contributed by atoms with Crippen LogP contribution in [0.4, 0.5) is 0 Å². The summed E-state index contributed by atoms with van der Waals surface area (Å²) in [4.78, 5) is 0. The van der Waals surface area contributed by atoms with Gasteiger partial charge >= 0.3 is 0 Å². The van der Waals surface area contributed by atoms with Gasteiger partial charge in [-0.3, -0.25) is 0 Å². The molecule has 1 aromatic heterocycles. The van der Waals surface area contributed by atoms with Gasteiger partial charge in [-0.1, -0.05) is 113 Å². The highest BCUT2D eigenvalue weighted by atomic mass is 16.5. The molecule has 1 heterocycles. The van der Waals surface area contributed by atoms with E-state index in [1.54, 1.807) is 37.6 Å². The number of para-hydroxylation sites is 4. The number of nitrogens with zero attached hydrogens (tertiary/aromatic N) is 3. The molecule has 46 heavy (non-hydrogen) atoms. The van der Waals surface area contributed by atoms with Crippen molar-refractivity contribution in [1.29, 1.82) is 0 Å². The molecule has 0 fully saturated rings. The lowest BCUT2D eigenvalue weighted by molar-refractivity contribution is 0.176. The third-order valence-electron chi connectivity index (χ3n) is 7.37. The van der Waals surface area contributed by atoms with Crippen molar-refractivity contribution in [2.24, 2.45) is 0 Å². The van der Waals surface area contributed by atoms with Crippen LogP contribution in [0.15, 0.2) is 85.1 Å². The second-order valence-corrected chi connectivity index (χ2v) is 10.9. The van der Waals surface area contributed by atoms with Crippen LogP contribution in [-0.4, -0.2) is 44.9 Å². The fraction of sp³-hybridized carbons (Fsp3) is 0.447. The molecule has 0 spiro atoms. The monoisotopic (exact) mass is 631 g/mol. The minimum atomic E-state index is 0.222. The Kier molecular flexibility index (Phi) is 19.0. The number of aromatic nitrogens is 3. The number of unbranched alkanes of at least 4 members (excludes halogenated alkanes) is 4. The lowest BCUT2D eigenvalue weighted by Gasteiger charge is -2.18. The summed E-state index contributed by atoms with van der Waals surface area (Å²) in [5.41, 5.74) is 1.87. The number of methoxy groups -OCH3 is 1. The molecule has 0 bridgehead atoms. The summed E-state index contributed by atoms with van der Waals surface area (Å²) in [6.07, 6.45) is 13.5. The number of hydrogen-bond donors (Lipinski definition) is 2. The van der Waals surface area contributed by atoms with E-state index >= 15 is 0 Å². The largest absolute Gasteiger partial charge is 0.504 e. The van der Waals surface area contributed by atoms with Crippen LogP contribution in [0.1, 0.15) is 91.9 Å². The van der Waals surface area contributed by atoms with E-state index in [2.05, 4.69) is 43.1 Å². The molecule has 4 aromatic rings. The van der Waals surface area contributed by atoms with Crippen LogP contribution in [0.25, 0.3) is 11.1 Å². The van der Waals surface area contributed by atoms with Crippen molar-refractivity contribution in [2.45, 2.75) is 104 Å². The number of benzene rings is 3. The van der Waals surface area contributed by atoms with Crippen LogP contribution in [-0.2, 0) is 0 Å². The van der Waals surface area contributed by atoms with Gasteiger partial charge in [-0.2, -0.15) is 0 Å². The lowest BCUT2D eigenvalue weighted by atomic mass is 10.1. The molecule has 2 N–H and O–H groups in total. The van der Waals surface area contributed by atoms with E-state index < -0.39 is 0 Å². The van der Waals surface area contributed by atoms with Gasteiger partial charge in [0.2, 0.25) is 5.88 Å². The molecule has 8 heteroatoms. The van der Waals surface area contributed by atoms with E-state index in [9.17, 15) is 10.2 Å². The molecular weight excluding hydrogens is 578 g/mol. The predicted octanol–water partition coefficient (Wildman–Crippen LogP) is 9.81. The minimum Gasteiger partial charge on any atom is -0.504 e. The van der Waals surface area contributed by atoms with Crippen molar-refractivity contribution < 1.29 is 24.4 Å². The van der Waals surface area contributed by atoms with Crippen molar-refractivity contribution in [3.8, 4) is 40.0 Å². The average molecular weight is 632 g/mol. The number of phenols is 2. The zero-order chi connectivity index (χ0) is 33.4. The molecule has 2 unspecified atom stereocenters. The van der Waals surface area contributed by atoms with Crippen LogP contribution in [0, 0.1) is 0 Å². The summed E-state index contributed by atoms with van der Waals surface area (Å²) in [7, 11) is 1.57. The molecular formula is C38H53N3O5. The quantitative estimate of drug-likeness (QED) is 0.118. The summed E-state index contributed by atoms with van der Waals surface area (Å²) in [6.45, 7) is 8.64. The topological polar surface area (TPSA) is 107 Å². The number of ether oxygens (including phenoxy) is 3. The zero-order valence-corrected chi connectivity index (χ0v) is 28.3. The first kappa shape index (κ1) is 37.9.